The van der Waals surface area contributed by atoms with Crippen molar-refractivity contribution in [3.05, 3.63) is 75.2 Å². The molecule has 1 unspecified atom stereocenters. The second-order valence-corrected chi connectivity index (χ2v) is 15.7. The van der Waals surface area contributed by atoms with Crippen LogP contribution >= 0.6 is 11.8 Å². The smallest absolute Gasteiger partial charge is 0.336 e. The lowest BCUT2D eigenvalue weighted by Crippen LogP contribution is -2.32. The zero-order valence-corrected chi connectivity index (χ0v) is 29.7. The third kappa shape index (κ3) is 7.55. The Hall–Kier alpha value is -4.79. The Bertz CT molecular complexity index is 2350. The summed E-state index contributed by atoms with van der Waals surface area (Å²) < 4.78 is 80.3. The number of amides is 3. The number of anilines is 1. The summed E-state index contributed by atoms with van der Waals surface area (Å²) >= 11 is 1.34. The van der Waals surface area contributed by atoms with E-state index in [0.29, 0.717) is 31.6 Å². The predicted octanol–water partition coefficient (Wildman–Crippen LogP) is 0.258. The van der Waals surface area contributed by atoms with E-state index in [-0.39, 0.29) is 64.0 Å². The van der Waals surface area contributed by atoms with Crippen LogP contribution in [0.4, 0.5) is 5.69 Å². The number of nitrogen functional groups attached to an aromatic ring is 1. The molecule has 6 N–H and O–H groups in total. The lowest BCUT2D eigenvalue weighted by atomic mass is 9.86. The number of rotatable bonds is 14. The summed E-state index contributed by atoms with van der Waals surface area (Å²) in [7, 11) is -10.8. The van der Waals surface area contributed by atoms with Gasteiger partial charge in [-0.2, -0.15) is 0 Å². The van der Waals surface area contributed by atoms with E-state index in [1.54, 1.807) is 0 Å². The van der Waals surface area contributed by atoms with Crippen LogP contribution < -0.4 is 32.0 Å². The number of fused-ring (bicyclic) bond motifs is 2. The molecule has 1 atom stereocenters. The standard InChI is InChI=1S/C33H34N4O12S3/c1-17-8-9-18-25(19-10-11-22(35)30(52(46,47)48)28(19)49-27(18)29(17)51(43,44)45)26-20(6-5-7-21(26)33(41)42)31(39)36-13-3-2-4-14-37-24(38)16-23(32(37)40)50-15-12-34/h5-11,23H,1-4,12-16,34-35H2,(H,36,39)(H,41,42)(H,43,44,45)(H,46,47,48)/p-2. The van der Waals surface area contributed by atoms with Gasteiger partial charge in [0.1, 0.15) is 30.0 Å². The third-order valence-electron chi connectivity index (χ3n) is 8.35. The van der Waals surface area contributed by atoms with Gasteiger partial charge in [0.2, 0.25) is 11.8 Å². The molecule has 3 amide bonds. The Labute approximate surface area is 302 Å². The fourth-order valence-electron chi connectivity index (χ4n) is 6.11. The molecule has 16 nitrogen and oxygen atoms in total. The van der Waals surface area contributed by atoms with E-state index in [1.807, 2.05) is 0 Å². The zero-order valence-electron chi connectivity index (χ0n) is 27.2. The zero-order chi connectivity index (χ0) is 38.1. The molecule has 276 valence electrons. The minimum Gasteiger partial charge on any atom is -0.744 e. The minimum atomic E-state index is -5.43. The lowest BCUT2D eigenvalue weighted by molar-refractivity contribution is -0.138. The molecule has 1 saturated heterocycles. The number of carbonyl (C=O) groups is 4. The lowest BCUT2D eigenvalue weighted by Gasteiger charge is -2.28. The van der Waals surface area contributed by atoms with Crippen LogP contribution in [0.25, 0.3) is 12.2 Å². The fourth-order valence-corrected chi connectivity index (χ4v) is 8.57. The number of likely N-dealkylation sites (tertiary alicyclic amines) is 1. The van der Waals surface area contributed by atoms with Crippen molar-refractivity contribution < 1.29 is 55.0 Å². The molecule has 0 spiro atoms. The summed E-state index contributed by atoms with van der Waals surface area (Å²) in [5, 5.41) is 11.9. The maximum atomic E-state index is 13.7. The van der Waals surface area contributed by atoms with Gasteiger partial charge in [0.05, 0.1) is 16.5 Å². The number of nitrogens with two attached hydrogens (primary N) is 2. The first-order chi connectivity index (χ1) is 24.5. The third-order valence-corrected chi connectivity index (χ3v) is 11.5. The van der Waals surface area contributed by atoms with E-state index in [4.69, 9.17) is 16.2 Å². The molecule has 0 radical (unpaired) electrons. The summed E-state index contributed by atoms with van der Waals surface area (Å²) in [6.45, 7) is 4.23. The number of imide groups is 1. The molecule has 52 heavy (non-hydrogen) atoms. The van der Waals surface area contributed by atoms with Crippen molar-refractivity contribution in [3.63, 3.8) is 0 Å². The number of carboxylic acid groups (broad SMARTS) is 1. The van der Waals surface area contributed by atoms with Crippen molar-refractivity contribution in [2.24, 2.45) is 5.73 Å². The molecular weight excluding hydrogens is 741 g/mol. The van der Waals surface area contributed by atoms with Gasteiger partial charge in [0.25, 0.3) is 5.91 Å². The topological polar surface area (TPSA) is 279 Å². The van der Waals surface area contributed by atoms with Crippen LogP contribution in [0.1, 0.15) is 57.5 Å². The first kappa shape index (κ1) is 38.4. The number of thioether (sulfide) groups is 1. The summed E-state index contributed by atoms with van der Waals surface area (Å²) in [6, 6.07) is 8.37. The van der Waals surface area contributed by atoms with E-state index in [9.17, 15) is 50.2 Å². The number of unbranched alkanes of at least 4 members (excludes halogenated alkanes) is 2. The second kappa shape index (κ2) is 15.1. The molecule has 2 aliphatic heterocycles. The van der Waals surface area contributed by atoms with Crippen molar-refractivity contribution in [1.82, 2.24) is 10.2 Å². The molecule has 1 fully saturated rings. The number of aromatic carboxylic acids is 1. The summed E-state index contributed by atoms with van der Waals surface area (Å²) in [6.07, 6.45) is 1.48. The molecule has 3 aromatic carbocycles. The number of nitrogens with zero attached hydrogens (tertiary/aromatic N) is 1. The average molecular weight is 773 g/mol. The van der Waals surface area contributed by atoms with Crippen LogP contribution in [-0.4, -0.2) is 90.3 Å². The van der Waals surface area contributed by atoms with Gasteiger partial charge in [-0.05, 0) is 54.8 Å². The maximum absolute atomic E-state index is 13.7. The minimum absolute atomic E-state index is 0.0800. The number of ether oxygens (including phenoxy) is 1. The normalized spacial score (nSPS) is 15.6. The molecule has 3 aromatic rings. The maximum Gasteiger partial charge on any atom is 0.336 e. The molecule has 2 heterocycles. The van der Waals surface area contributed by atoms with Gasteiger partial charge in [0.15, 0.2) is 11.5 Å². The first-order valence-electron chi connectivity index (χ1n) is 15.7. The molecule has 19 heteroatoms. The van der Waals surface area contributed by atoms with Crippen molar-refractivity contribution in [2.75, 3.05) is 31.1 Å². The summed E-state index contributed by atoms with van der Waals surface area (Å²) in [4.78, 5) is 50.4. The Balaban J connectivity index is 1.52. The largest absolute Gasteiger partial charge is 0.744 e. The molecule has 5 rings (SSSR count). The Morgan fingerprint density at radius 2 is 1.67 bits per heavy atom. The van der Waals surface area contributed by atoms with E-state index in [0.717, 1.165) is 18.2 Å². The Morgan fingerprint density at radius 3 is 2.33 bits per heavy atom. The van der Waals surface area contributed by atoms with E-state index in [1.165, 1.54) is 40.9 Å². The highest BCUT2D eigenvalue weighted by molar-refractivity contribution is 8.00. The van der Waals surface area contributed by atoms with Crippen LogP contribution in [0.3, 0.4) is 0 Å². The van der Waals surface area contributed by atoms with Gasteiger partial charge in [-0.25, -0.2) is 21.6 Å². The fraction of sp³-hybridized carbons (Fsp3) is 0.273. The first-order valence-corrected chi connectivity index (χ1v) is 19.5. The van der Waals surface area contributed by atoms with Gasteiger partial charge in [-0.1, -0.05) is 18.7 Å². The summed E-state index contributed by atoms with van der Waals surface area (Å²) in [5.74, 6) is -3.79. The highest BCUT2D eigenvalue weighted by Crippen LogP contribution is 2.45. The van der Waals surface area contributed by atoms with Crippen LogP contribution in [0.5, 0.6) is 11.5 Å². The predicted molar refractivity (Wildman–Crippen MR) is 186 cm³/mol. The number of hydrogen-bond donors (Lipinski definition) is 4. The Morgan fingerprint density at radius 1 is 0.981 bits per heavy atom. The number of carbonyl (C=O) groups excluding carboxylic acids is 3. The molecule has 0 aliphatic carbocycles. The summed E-state index contributed by atoms with van der Waals surface area (Å²) in [5.41, 5.74) is 9.27. The SMILES string of the molecule is C=c1ccc2c(c1S(=O)(=O)[O-])Oc1c(ccc(N)c1S(=O)(=O)[O-])C=2c1c(C(=O)O)cccc1C(=O)NCCCCCN1C(=O)CC(SCCN)C1=O. The van der Waals surface area contributed by atoms with Crippen molar-refractivity contribution in [1.29, 1.82) is 0 Å². The molecular formula is C33H32N4O12S3-2. The van der Waals surface area contributed by atoms with Crippen LogP contribution in [-0.2, 0) is 29.8 Å². The van der Waals surface area contributed by atoms with Crippen LogP contribution in [0, 0.1) is 0 Å². The van der Waals surface area contributed by atoms with Crippen molar-refractivity contribution >= 4 is 73.5 Å². The van der Waals surface area contributed by atoms with Gasteiger partial charge >= 0.3 is 5.97 Å². The monoisotopic (exact) mass is 772 g/mol. The highest BCUT2D eigenvalue weighted by Gasteiger charge is 2.38. The van der Waals surface area contributed by atoms with Crippen LogP contribution in [0.2, 0.25) is 0 Å². The van der Waals surface area contributed by atoms with Gasteiger partial charge in [0, 0.05) is 59.3 Å². The Kier molecular flexibility index (Phi) is 11.1. The molecule has 0 bridgehead atoms. The number of benzene rings is 3. The van der Waals surface area contributed by atoms with Gasteiger partial charge in [-0.3, -0.25) is 19.3 Å². The average Bonchev–Trinajstić information content (AvgIpc) is 3.33. The van der Waals surface area contributed by atoms with E-state index in [2.05, 4.69) is 11.9 Å². The molecule has 2 aliphatic rings. The quantitative estimate of drug-likeness (QED) is 0.0579. The van der Waals surface area contributed by atoms with Gasteiger partial charge in [-0.15, -0.1) is 11.8 Å². The van der Waals surface area contributed by atoms with Crippen molar-refractivity contribution in [2.45, 2.75) is 40.7 Å². The highest BCUT2D eigenvalue weighted by atomic mass is 32.2. The van der Waals surface area contributed by atoms with Crippen molar-refractivity contribution in [3.8, 4) is 11.5 Å². The number of nitrogens with one attached hydrogen (secondary N) is 1. The number of carboxylic acids is 1. The van der Waals surface area contributed by atoms with E-state index >= 15 is 0 Å². The van der Waals surface area contributed by atoms with Gasteiger partial charge < -0.3 is 35.7 Å². The molecule has 0 aromatic heterocycles. The molecule has 0 saturated carbocycles. The van der Waals surface area contributed by atoms with E-state index < -0.39 is 69.9 Å². The number of hydrogen-bond acceptors (Lipinski definition) is 14. The van der Waals surface area contributed by atoms with Crippen LogP contribution in [0.15, 0.2) is 52.3 Å². The second-order valence-electron chi connectivity index (χ2n) is 11.8.